The monoisotopic (exact) mass is 830 g/mol. The van der Waals surface area contributed by atoms with E-state index in [-0.39, 0.29) is 15.1 Å². The molecule has 0 saturated heterocycles. The second-order valence-corrected chi connectivity index (χ2v) is 17.9. The van der Waals surface area contributed by atoms with Crippen LogP contribution in [0, 0.1) is 13.8 Å². The van der Waals surface area contributed by atoms with Gasteiger partial charge in [-0.25, -0.2) is 16.8 Å². The normalized spacial score (nSPS) is 10.6. The molecule has 0 amide bonds. The van der Waals surface area contributed by atoms with Gasteiger partial charge in [-0.15, -0.1) is 23.2 Å². The molecule has 0 aromatic heterocycles. The van der Waals surface area contributed by atoms with E-state index >= 15 is 0 Å². The van der Waals surface area contributed by atoms with Gasteiger partial charge < -0.3 is 5.73 Å². The third-order valence-electron chi connectivity index (χ3n) is 6.63. The number of sulfonamides is 1. The number of hydrogen-bond donors (Lipinski definition) is 2. The van der Waals surface area contributed by atoms with Gasteiger partial charge in [-0.1, -0.05) is 120 Å². The average Bonchev–Trinajstić information content (AvgIpc) is 3.12. The standard InChI is InChI=1S/C19H17NO2S2.C12H11NS.C7H7ClO2S.CH2Cl2/c1-15-11-13-17(14-12-15)24(21,22)20-18-9-5-6-10-19(18)23-16-7-3-2-4-8-16;13-11-8-4-5-9-12(11)14-10-6-2-1-3-7-10;1-6-2-4-7(5-3-6)11(8,9)10;2-1-3/h2-14,20H,1H3;1-9H,13H2;2-5H,1H3;1H2. The summed E-state index contributed by atoms with van der Waals surface area (Å²) in [4.78, 5) is 4.64. The second kappa shape index (κ2) is 21.8. The molecule has 272 valence electrons. The third-order valence-corrected chi connectivity index (χ3v) is 11.6. The van der Waals surface area contributed by atoms with Crippen LogP contribution in [0.25, 0.3) is 0 Å². The van der Waals surface area contributed by atoms with Crippen molar-refractivity contribution in [2.45, 2.75) is 43.2 Å². The molecule has 52 heavy (non-hydrogen) atoms. The Hall–Kier alpha value is -3.61. The lowest BCUT2D eigenvalue weighted by atomic mass is 10.2. The van der Waals surface area contributed by atoms with Gasteiger partial charge in [0.25, 0.3) is 19.1 Å². The number of para-hydroxylation sites is 2. The van der Waals surface area contributed by atoms with E-state index in [2.05, 4.69) is 16.9 Å². The molecule has 0 heterocycles. The molecule has 0 aliphatic carbocycles. The van der Waals surface area contributed by atoms with Crippen LogP contribution in [0.15, 0.2) is 187 Å². The van der Waals surface area contributed by atoms with Crippen LogP contribution >= 0.6 is 57.4 Å². The molecule has 13 heteroatoms. The van der Waals surface area contributed by atoms with Gasteiger partial charge in [0.2, 0.25) is 0 Å². The first-order valence-corrected chi connectivity index (χ1v) is 21.9. The van der Waals surface area contributed by atoms with E-state index in [1.165, 1.54) is 28.8 Å². The van der Waals surface area contributed by atoms with Gasteiger partial charge in [0.1, 0.15) is 0 Å². The Labute approximate surface area is 330 Å². The predicted octanol–water partition coefficient (Wildman–Crippen LogP) is 11.7. The largest absolute Gasteiger partial charge is 0.398 e. The molecule has 0 unspecified atom stereocenters. The Morgan fingerprint density at radius 3 is 1.38 bits per heavy atom. The number of nitrogens with two attached hydrogens (primary N) is 1. The summed E-state index contributed by atoms with van der Waals surface area (Å²) in [5.74, 6) is 0. The maximum atomic E-state index is 12.6. The van der Waals surface area contributed by atoms with Crippen LogP contribution in [0.3, 0.4) is 0 Å². The quantitative estimate of drug-likeness (QED) is 0.0893. The maximum Gasteiger partial charge on any atom is 0.261 e. The van der Waals surface area contributed by atoms with E-state index in [1.54, 1.807) is 54.2 Å². The summed E-state index contributed by atoms with van der Waals surface area (Å²) in [6.07, 6.45) is 0. The summed E-state index contributed by atoms with van der Waals surface area (Å²) in [5.41, 5.74) is 9.29. The molecule has 6 rings (SSSR count). The summed E-state index contributed by atoms with van der Waals surface area (Å²) >= 11 is 12.7. The summed E-state index contributed by atoms with van der Waals surface area (Å²) in [5, 5.41) is 0.194. The van der Waals surface area contributed by atoms with Gasteiger partial charge in [0.05, 0.1) is 20.8 Å². The fraction of sp³-hybridized carbons (Fsp3) is 0.0769. The summed E-state index contributed by atoms with van der Waals surface area (Å²) in [7, 11) is -2.07. The van der Waals surface area contributed by atoms with Crippen molar-refractivity contribution >= 4 is 87.9 Å². The molecule has 0 atom stereocenters. The second-order valence-electron chi connectivity index (χ2n) is 10.6. The zero-order valence-corrected chi connectivity index (χ0v) is 33.7. The first-order chi connectivity index (χ1) is 24.8. The molecule has 0 aliphatic heterocycles. The summed E-state index contributed by atoms with van der Waals surface area (Å²) < 4.78 is 49.3. The van der Waals surface area contributed by atoms with Gasteiger partial charge in [-0.05, 0) is 86.6 Å². The Morgan fingerprint density at radius 2 is 0.923 bits per heavy atom. The summed E-state index contributed by atoms with van der Waals surface area (Å²) in [6.45, 7) is 3.81. The van der Waals surface area contributed by atoms with E-state index in [0.29, 0.717) is 5.69 Å². The number of rotatable bonds is 8. The fourth-order valence-electron chi connectivity index (χ4n) is 4.07. The highest BCUT2D eigenvalue weighted by Gasteiger charge is 2.16. The average molecular weight is 832 g/mol. The molecule has 0 saturated carbocycles. The first-order valence-electron chi connectivity index (χ1n) is 15.4. The number of nitrogen functional groups attached to an aromatic ring is 1. The molecular weight excluding hydrogens is 795 g/mol. The van der Waals surface area contributed by atoms with E-state index < -0.39 is 19.1 Å². The van der Waals surface area contributed by atoms with Crippen molar-refractivity contribution in [3.63, 3.8) is 0 Å². The lowest BCUT2D eigenvalue weighted by Crippen LogP contribution is -2.13. The number of halogens is 3. The van der Waals surface area contributed by atoms with Crippen molar-refractivity contribution in [1.29, 1.82) is 0 Å². The lowest BCUT2D eigenvalue weighted by Gasteiger charge is -2.12. The highest BCUT2D eigenvalue weighted by atomic mass is 35.7. The van der Waals surface area contributed by atoms with Gasteiger partial charge in [-0.3, -0.25) is 4.72 Å². The molecule has 0 spiro atoms. The van der Waals surface area contributed by atoms with Crippen molar-refractivity contribution in [3.8, 4) is 0 Å². The molecule has 6 aromatic rings. The molecule has 0 radical (unpaired) electrons. The van der Waals surface area contributed by atoms with Crippen molar-refractivity contribution in [1.82, 2.24) is 0 Å². The third kappa shape index (κ3) is 15.2. The zero-order chi connectivity index (χ0) is 38.0. The predicted molar refractivity (Wildman–Crippen MR) is 221 cm³/mol. The maximum absolute atomic E-state index is 12.6. The molecular formula is C39H37Cl3N2O4S4. The summed E-state index contributed by atoms with van der Waals surface area (Å²) in [6, 6.07) is 48.6. The smallest absolute Gasteiger partial charge is 0.261 e. The number of nitrogens with one attached hydrogen (secondary N) is 1. The molecule has 0 aliphatic rings. The minimum absolute atomic E-state index is 0.143. The minimum Gasteiger partial charge on any atom is -0.398 e. The van der Waals surface area contributed by atoms with Gasteiger partial charge in [0.15, 0.2) is 0 Å². The van der Waals surface area contributed by atoms with Gasteiger partial charge in [-0.2, -0.15) is 0 Å². The van der Waals surface area contributed by atoms with Crippen molar-refractivity contribution in [2.24, 2.45) is 0 Å². The van der Waals surface area contributed by atoms with Crippen LogP contribution < -0.4 is 10.5 Å². The Morgan fingerprint density at radius 1 is 0.538 bits per heavy atom. The molecule has 6 nitrogen and oxygen atoms in total. The van der Waals surface area contributed by atoms with Crippen LogP contribution in [0.4, 0.5) is 11.4 Å². The fourth-order valence-corrected chi connectivity index (χ4v) is 7.78. The number of aryl methyl sites for hydroxylation is 2. The zero-order valence-electron chi connectivity index (χ0n) is 28.2. The first kappa shape index (κ1) is 42.8. The number of hydrogen-bond acceptors (Lipinski definition) is 7. The molecule has 3 N–H and O–H groups in total. The van der Waals surface area contributed by atoms with Gasteiger partial charge >= 0.3 is 0 Å². The number of anilines is 2. The SMILES string of the molecule is Cc1ccc(S(=O)(=O)Cl)cc1.Cc1ccc(S(=O)(=O)Nc2ccccc2Sc2ccccc2)cc1.ClCCl.Nc1ccccc1Sc1ccccc1. The van der Waals surface area contributed by atoms with Crippen LogP contribution in [-0.2, 0) is 19.1 Å². The highest BCUT2D eigenvalue weighted by molar-refractivity contribution is 8.13. The minimum atomic E-state index is -3.61. The van der Waals surface area contributed by atoms with Crippen molar-refractivity contribution in [3.05, 3.63) is 169 Å². The molecule has 0 fully saturated rings. The molecule has 0 bridgehead atoms. The topological polar surface area (TPSA) is 106 Å². The highest BCUT2D eigenvalue weighted by Crippen LogP contribution is 2.34. The van der Waals surface area contributed by atoms with E-state index in [9.17, 15) is 16.8 Å². The van der Waals surface area contributed by atoms with E-state index in [0.717, 1.165) is 31.5 Å². The van der Waals surface area contributed by atoms with Crippen LogP contribution in [0.5, 0.6) is 0 Å². The Bertz CT molecular complexity index is 2180. The Balaban J connectivity index is 0.000000220. The van der Waals surface area contributed by atoms with E-state index in [1.807, 2.05) is 105 Å². The van der Waals surface area contributed by atoms with E-state index in [4.69, 9.17) is 39.6 Å². The number of benzene rings is 6. The van der Waals surface area contributed by atoms with Crippen LogP contribution in [0.1, 0.15) is 11.1 Å². The van der Waals surface area contributed by atoms with Gasteiger partial charge in [0, 0.05) is 36.0 Å². The van der Waals surface area contributed by atoms with Crippen LogP contribution in [0.2, 0.25) is 0 Å². The number of alkyl halides is 2. The Kier molecular flexibility index (Phi) is 17.9. The van der Waals surface area contributed by atoms with Crippen LogP contribution in [-0.4, -0.2) is 22.2 Å². The van der Waals surface area contributed by atoms with Crippen molar-refractivity contribution in [2.75, 3.05) is 15.8 Å². The van der Waals surface area contributed by atoms with Crippen molar-refractivity contribution < 1.29 is 16.8 Å². The molecule has 6 aromatic carbocycles. The lowest BCUT2D eigenvalue weighted by molar-refractivity contribution is 0.601.